The van der Waals surface area contributed by atoms with Crippen molar-refractivity contribution in [2.75, 3.05) is 19.0 Å². The van der Waals surface area contributed by atoms with Crippen LogP contribution in [0.5, 0.6) is 0 Å². The predicted molar refractivity (Wildman–Crippen MR) is 134 cm³/mol. The molecule has 0 radical (unpaired) electrons. The van der Waals surface area contributed by atoms with E-state index in [0.717, 1.165) is 25.0 Å². The molecule has 9 nitrogen and oxygen atoms in total. The van der Waals surface area contributed by atoms with Crippen LogP contribution in [0.2, 0.25) is 0 Å². The van der Waals surface area contributed by atoms with Crippen molar-refractivity contribution >= 4 is 27.9 Å². The Morgan fingerprint density at radius 3 is 2.75 bits per heavy atom. The Balaban J connectivity index is 1.60. The van der Waals surface area contributed by atoms with Crippen LogP contribution in [-0.2, 0) is 18.3 Å². The topological polar surface area (TPSA) is 100 Å². The van der Waals surface area contributed by atoms with Gasteiger partial charge in [0.15, 0.2) is 17.0 Å². The zero-order chi connectivity index (χ0) is 24.8. The van der Waals surface area contributed by atoms with E-state index in [-0.39, 0.29) is 11.7 Å². The molecule has 10 heteroatoms. The normalized spacial score (nSPS) is 15.8. The number of anilines is 1. The summed E-state index contributed by atoms with van der Waals surface area (Å²) in [6, 6.07) is 6.86. The summed E-state index contributed by atoms with van der Waals surface area (Å²) in [4.78, 5) is 22.1. The third-order valence-corrected chi connectivity index (χ3v) is 6.67. The van der Waals surface area contributed by atoms with Crippen molar-refractivity contribution in [3.63, 3.8) is 0 Å². The average Bonchev–Trinajstić information content (AvgIpc) is 3.64. The summed E-state index contributed by atoms with van der Waals surface area (Å²) >= 11 is 0. The monoisotopic (exact) mass is 488 g/mol. The quantitative estimate of drug-likeness (QED) is 0.379. The van der Waals surface area contributed by atoms with Gasteiger partial charge in [-0.3, -0.25) is 9.25 Å². The summed E-state index contributed by atoms with van der Waals surface area (Å²) in [5.41, 5.74) is 2.86. The molecule has 4 aromatic heterocycles. The lowest BCUT2D eigenvalue weighted by molar-refractivity contribution is 0.100. The molecule has 6 rings (SSSR count). The molecule has 1 atom stereocenters. The number of fused-ring (bicyclic) bond motifs is 3. The third-order valence-electron chi connectivity index (χ3n) is 6.67. The summed E-state index contributed by atoms with van der Waals surface area (Å²) in [7, 11) is 3.58. The molecule has 5 aromatic rings. The average molecular weight is 489 g/mol. The molecule has 0 spiro atoms. The first-order valence-corrected chi connectivity index (χ1v) is 11.9. The third kappa shape index (κ3) is 3.83. The number of nitrogens with zero attached hydrogens (tertiary/aromatic N) is 5. The van der Waals surface area contributed by atoms with Crippen molar-refractivity contribution in [2.24, 2.45) is 7.05 Å². The highest BCUT2D eigenvalue weighted by Gasteiger charge is 2.24. The van der Waals surface area contributed by atoms with E-state index in [1.54, 1.807) is 47.9 Å². The lowest BCUT2D eigenvalue weighted by atomic mass is 10.1. The first-order valence-electron chi connectivity index (χ1n) is 11.9. The molecular weight excluding hydrogens is 463 g/mol. The molecule has 36 heavy (non-hydrogen) atoms. The van der Waals surface area contributed by atoms with E-state index in [2.05, 4.69) is 20.4 Å². The Morgan fingerprint density at radius 2 is 2.06 bits per heavy atom. The summed E-state index contributed by atoms with van der Waals surface area (Å²) in [6.07, 6.45) is 7.82. The fourth-order valence-corrected chi connectivity index (χ4v) is 4.84. The predicted octanol–water partition coefficient (Wildman–Crippen LogP) is 4.36. The number of furan rings is 1. The smallest absolute Gasteiger partial charge is 0.348 e. The van der Waals surface area contributed by atoms with Gasteiger partial charge in [0.1, 0.15) is 17.0 Å². The number of aromatic nitrogens is 5. The van der Waals surface area contributed by atoms with Gasteiger partial charge in [0.05, 0.1) is 12.3 Å². The van der Waals surface area contributed by atoms with Crippen LogP contribution in [0.4, 0.5) is 10.2 Å². The maximum atomic E-state index is 15.4. The van der Waals surface area contributed by atoms with Gasteiger partial charge >= 0.3 is 5.69 Å². The number of hydrogen-bond donors (Lipinski definition) is 1. The maximum Gasteiger partial charge on any atom is 0.348 e. The summed E-state index contributed by atoms with van der Waals surface area (Å²) in [6.45, 7) is 1.12. The van der Waals surface area contributed by atoms with E-state index >= 15 is 4.39 Å². The van der Waals surface area contributed by atoms with E-state index in [1.165, 1.54) is 6.07 Å². The van der Waals surface area contributed by atoms with Gasteiger partial charge in [0, 0.05) is 56.2 Å². The van der Waals surface area contributed by atoms with E-state index in [4.69, 9.17) is 9.15 Å². The highest BCUT2D eigenvalue weighted by atomic mass is 19.1. The Labute approximate surface area is 205 Å². The number of rotatable bonds is 6. The van der Waals surface area contributed by atoms with Crippen molar-refractivity contribution in [3.8, 4) is 22.4 Å². The second kappa shape index (κ2) is 8.87. The van der Waals surface area contributed by atoms with Crippen molar-refractivity contribution < 1.29 is 13.5 Å². The van der Waals surface area contributed by atoms with Crippen LogP contribution >= 0.6 is 0 Å². The van der Waals surface area contributed by atoms with Gasteiger partial charge < -0.3 is 14.5 Å². The molecule has 0 saturated carbocycles. The number of benzene rings is 1. The molecule has 1 aromatic carbocycles. The van der Waals surface area contributed by atoms with Crippen LogP contribution in [-0.4, -0.2) is 44.1 Å². The zero-order valence-electron chi connectivity index (χ0n) is 20.0. The highest BCUT2D eigenvalue weighted by Crippen LogP contribution is 2.37. The minimum atomic E-state index is -0.518. The number of halogens is 1. The van der Waals surface area contributed by atoms with Crippen molar-refractivity contribution in [1.82, 2.24) is 24.3 Å². The number of aryl methyl sites for hydroxylation is 2. The minimum Gasteiger partial charge on any atom is -0.449 e. The second-order valence-electron chi connectivity index (χ2n) is 9.02. The highest BCUT2D eigenvalue weighted by molar-refractivity contribution is 6.08. The van der Waals surface area contributed by atoms with E-state index in [0.29, 0.717) is 52.1 Å². The summed E-state index contributed by atoms with van der Waals surface area (Å²) in [5, 5.41) is 7.69. The Hall–Kier alpha value is -4.05. The van der Waals surface area contributed by atoms with Gasteiger partial charge in [0.2, 0.25) is 0 Å². The van der Waals surface area contributed by atoms with Crippen LogP contribution in [0.3, 0.4) is 0 Å². The Morgan fingerprint density at radius 1 is 1.17 bits per heavy atom. The van der Waals surface area contributed by atoms with E-state index in [1.807, 2.05) is 12.3 Å². The summed E-state index contributed by atoms with van der Waals surface area (Å²) in [5.74, 6) is 0.159. The van der Waals surface area contributed by atoms with Gasteiger partial charge in [-0.05, 0) is 49.1 Å². The van der Waals surface area contributed by atoms with Crippen LogP contribution in [0.15, 0.2) is 52.1 Å². The van der Waals surface area contributed by atoms with E-state index in [9.17, 15) is 4.79 Å². The summed E-state index contributed by atoms with van der Waals surface area (Å²) < 4.78 is 30.5. The van der Waals surface area contributed by atoms with Gasteiger partial charge in [-0.25, -0.2) is 14.2 Å². The molecule has 1 unspecified atom stereocenters. The number of ether oxygens (including phenoxy) is 1. The largest absolute Gasteiger partial charge is 0.449 e. The first kappa shape index (κ1) is 22.4. The Bertz CT molecular complexity index is 1630. The molecule has 1 fully saturated rings. The van der Waals surface area contributed by atoms with Gasteiger partial charge in [-0.1, -0.05) is 0 Å². The van der Waals surface area contributed by atoms with Crippen LogP contribution in [0, 0.1) is 5.82 Å². The molecule has 0 aliphatic carbocycles. The molecular formula is C26H25FN6O3. The second-order valence-corrected chi connectivity index (χ2v) is 9.02. The molecule has 0 amide bonds. The molecule has 184 valence electrons. The minimum absolute atomic E-state index is 0.0805. The molecule has 1 aliphatic heterocycles. The van der Waals surface area contributed by atoms with Crippen molar-refractivity contribution in [2.45, 2.75) is 31.9 Å². The fourth-order valence-electron chi connectivity index (χ4n) is 4.84. The maximum absolute atomic E-state index is 15.4. The fraction of sp³-hybridized carbons (Fsp3) is 0.308. The molecule has 5 heterocycles. The first-order chi connectivity index (χ1) is 17.5. The molecule has 1 aliphatic rings. The SMILES string of the molecule is CNc1ccc(-c2nc(=O)n(CCC3CCCO3)c3c2oc2c(F)cc(-c4cnn(C)c4)cc23)cn1. The van der Waals surface area contributed by atoms with Gasteiger partial charge in [-0.2, -0.15) is 10.1 Å². The standard InChI is InChI=1S/C26H25FN6O3/c1-28-21-6-5-15(12-29-21)22-25-23(33(26(34)31-22)8-7-18-4-3-9-35-18)19-10-16(11-20(27)24(19)36-25)17-13-30-32(2)14-17/h5-6,10-14,18H,3-4,7-9H2,1-2H3,(H,28,29). The molecule has 0 bridgehead atoms. The number of pyridine rings is 1. The van der Waals surface area contributed by atoms with Crippen LogP contribution in [0.25, 0.3) is 44.5 Å². The Kier molecular flexibility index (Phi) is 5.52. The molecule has 1 saturated heterocycles. The lowest BCUT2D eigenvalue weighted by Gasteiger charge is -2.13. The van der Waals surface area contributed by atoms with Crippen molar-refractivity contribution in [1.29, 1.82) is 0 Å². The van der Waals surface area contributed by atoms with Crippen LogP contribution < -0.4 is 11.0 Å². The molecule has 1 N–H and O–H groups in total. The number of nitrogens with one attached hydrogen (secondary N) is 1. The number of hydrogen-bond acceptors (Lipinski definition) is 7. The lowest BCUT2D eigenvalue weighted by Crippen LogP contribution is -2.25. The van der Waals surface area contributed by atoms with Gasteiger partial charge in [0.25, 0.3) is 0 Å². The van der Waals surface area contributed by atoms with Crippen LogP contribution in [0.1, 0.15) is 19.3 Å². The van der Waals surface area contributed by atoms with Crippen molar-refractivity contribution in [3.05, 3.63) is 59.2 Å². The van der Waals surface area contributed by atoms with E-state index < -0.39 is 11.5 Å². The van der Waals surface area contributed by atoms with Gasteiger partial charge in [-0.15, -0.1) is 0 Å². The zero-order valence-corrected chi connectivity index (χ0v) is 20.0.